The van der Waals surface area contributed by atoms with Gasteiger partial charge in [-0.15, -0.1) is 0 Å². The number of pyridine rings is 2. The topological polar surface area (TPSA) is 98.0 Å². The van der Waals surface area contributed by atoms with Crippen LogP contribution in [0.4, 0.5) is 5.82 Å². The summed E-state index contributed by atoms with van der Waals surface area (Å²) in [6.07, 6.45) is 0. The minimum atomic E-state index is -0.670. The first-order chi connectivity index (χ1) is 14.0. The Morgan fingerprint density at radius 3 is 2.45 bits per heavy atom. The molecule has 0 atom stereocenters. The van der Waals surface area contributed by atoms with E-state index in [2.05, 4.69) is 15.3 Å². The van der Waals surface area contributed by atoms with Crippen molar-refractivity contribution < 1.29 is 9.59 Å². The SMILES string of the molecule is NC(=O)c1cccc(NC(=O)c2cc(-c3ccccc3Cl)nc3ccccc23)n1. The number of nitrogens with two attached hydrogens (primary N) is 1. The van der Waals surface area contributed by atoms with Crippen molar-refractivity contribution in [1.82, 2.24) is 9.97 Å². The molecule has 0 saturated heterocycles. The maximum Gasteiger partial charge on any atom is 0.267 e. The number of hydrogen-bond donors (Lipinski definition) is 2. The molecule has 6 nitrogen and oxygen atoms in total. The number of halogens is 1. The fraction of sp³-hybridized carbons (Fsp3) is 0. The number of rotatable bonds is 4. The number of fused-ring (bicyclic) bond motifs is 1. The highest BCUT2D eigenvalue weighted by Gasteiger charge is 2.16. The van der Waals surface area contributed by atoms with Gasteiger partial charge < -0.3 is 11.1 Å². The van der Waals surface area contributed by atoms with Crippen LogP contribution >= 0.6 is 11.6 Å². The summed E-state index contributed by atoms with van der Waals surface area (Å²) in [7, 11) is 0. The van der Waals surface area contributed by atoms with Crippen LogP contribution in [-0.4, -0.2) is 21.8 Å². The number of nitrogens with one attached hydrogen (secondary N) is 1. The van der Waals surface area contributed by atoms with Crippen molar-refractivity contribution in [2.45, 2.75) is 0 Å². The summed E-state index contributed by atoms with van der Waals surface area (Å²) in [5.74, 6) is -0.825. The first kappa shape index (κ1) is 18.6. The Bertz CT molecular complexity index is 1260. The van der Waals surface area contributed by atoms with Gasteiger partial charge in [0.25, 0.3) is 11.8 Å². The van der Waals surface area contributed by atoms with Gasteiger partial charge in [-0.05, 0) is 30.3 Å². The third-order valence-corrected chi connectivity index (χ3v) is 4.68. The molecule has 2 heterocycles. The highest BCUT2D eigenvalue weighted by atomic mass is 35.5. The highest BCUT2D eigenvalue weighted by Crippen LogP contribution is 2.30. The highest BCUT2D eigenvalue weighted by molar-refractivity contribution is 6.33. The van der Waals surface area contributed by atoms with Crippen LogP contribution in [0.1, 0.15) is 20.8 Å². The molecule has 3 N–H and O–H groups in total. The Morgan fingerprint density at radius 1 is 0.897 bits per heavy atom. The molecule has 7 heteroatoms. The number of primary amides is 1. The monoisotopic (exact) mass is 402 g/mol. The van der Waals surface area contributed by atoms with Crippen LogP contribution in [0.15, 0.2) is 72.8 Å². The molecule has 0 bridgehead atoms. The molecule has 0 radical (unpaired) electrons. The lowest BCUT2D eigenvalue weighted by Crippen LogP contribution is -2.17. The van der Waals surface area contributed by atoms with Crippen LogP contribution < -0.4 is 11.1 Å². The van der Waals surface area contributed by atoms with E-state index < -0.39 is 5.91 Å². The van der Waals surface area contributed by atoms with Crippen molar-refractivity contribution in [3.8, 4) is 11.3 Å². The smallest absolute Gasteiger partial charge is 0.267 e. The molecule has 4 rings (SSSR count). The lowest BCUT2D eigenvalue weighted by atomic mass is 10.0. The van der Waals surface area contributed by atoms with Crippen LogP contribution in [0.3, 0.4) is 0 Å². The molecular formula is C22H15ClN4O2. The molecule has 0 aliphatic heterocycles. The average molecular weight is 403 g/mol. The zero-order chi connectivity index (χ0) is 20.4. The standard InChI is InChI=1S/C22H15ClN4O2/c23-16-8-3-1-7-14(16)19-12-15(13-6-2-4-9-17(13)25-19)22(29)27-20-11-5-10-18(26-20)21(24)28/h1-12H,(H2,24,28)(H,26,27,29). The van der Waals surface area contributed by atoms with Gasteiger partial charge in [0.1, 0.15) is 11.5 Å². The number of para-hydroxylation sites is 1. The number of nitrogens with zero attached hydrogens (tertiary/aromatic N) is 2. The number of anilines is 1. The Hall–Kier alpha value is -3.77. The number of amides is 2. The molecule has 0 spiro atoms. The van der Waals surface area contributed by atoms with E-state index in [1.54, 1.807) is 24.3 Å². The van der Waals surface area contributed by atoms with Crippen LogP contribution in [0.5, 0.6) is 0 Å². The Kier molecular flexibility index (Phi) is 4.93. The lowest BCUT2D eigenvalue weighted by molar-refractivity contribution is 0.0991. The third kappa shape index (κ3) is 3.79. The van der Waals surface area contributed by atoms with Gasteiger partial charge >= 0.3 is 0 Å². The van der Waals surface area contributed by atoms with Gasteiger partial charge in [-0.3, -0.25) is 9.59 Å². The Morgan fingerprint density at radius 2 is 1.66 bits per heavy atom. The van der Waals surface area contributed by atoms with E-state index in [1.165, 1.54) is 6.07 Å². The van der Waals surface area contributed by atoms with Crippen molar-refractivity contribution in [3.05, 3.63) is 89.1 Å². The molecule has 0 aliphatic carbocycles. The Balaban J connectivity index is 1.80. The van der Waals surface area contributed by atoms with Crippen molar-refractivity contribution in [3.63, 3.8) is 0 Å². The van der Waals surface area contributed by atoms with Crippen LogP contribution in [0, 0.1) is 0 Å². The number of hydrogen-bond acceptors (Lipinski definition) is 4. The molecular weight excluding hydrogens is 388 g/mol. The van der Waals surface area contributed by atoms with E-state index in [1.807, 2.05) is 42.5 Å². The van der Waals surface area contributed by atoms with E-state index in [-0.39, 0.29) is 17.4 Å². The molecule has 4 aromatic rings. The van der Waals surface area contributed by atoms with Crippen molar-refractivity contribution in [2.75, 3.05) is 5.32 Å². The van der Waals surface area contributed by atoms with E-state index in [0.717, 1.165) is 5.56 Å². The molecule has 2 amide bonds. The normalized spacial score (nSPS) is 10.7. The fourth-order valence-electron chi connectivity index (χ4n) is 3.00. The van der Waals surface area contributed by atoms with Crippen LogP contribution in [0.2, 0.25) is 5.02 Å². The van der Waals surface area contributed by atoms with E-state index in [4.69, 9.17) is 17.3 Å². The van der Waals surface area contributed by atoms with Gasteiger partial charge in [-0.1, -0.05) is 54.1 Å². The predicted octanol–water partition coefficient (Wildman–Crippen LogP) is 4.30. The predicted molar refractivity (Wildman–Crippen MR) is 113 cm³/mol. The summed E-state index contributed by atoms with van der Waals surface area (Å²) in [6.45, 7) is 0. The Labute approximate surface area is 171 Å². The van der Waals surface area contributed by atoms with Gasteiger partial charge in [0.15, 0.2) is 0 Å². The second-order valence-electron chi connectivity index (χ2n) is 6.28. The summed E-state index contributed by atoms with van der Waals surface area (Å²) in [6, 6.07) is 21.0. The fourth-order valence-corrected chi connectivity index (χ4v) is 3.23. The van der Waals surface area contributed by atoms with Crippen molar-refractivity contribution >= 4 is 40.1 Å². The summed E-state index contributed by atoms with van der Waals surface area (Å²) >= 11 is 6.32. The lowest BCUT2D eigenvalue weighted by Gasteiger charge is -2.11. The molecule has 2 aromatic carbocycles. The number of carbonyl (C=O) groups excluding carboxylic acids is 2. The maximum atomic E-state index is 13.0. The summed E-state index contributed by atoms with van der Waals surface area (Å²) in [5, 5.41) is 3.95. The molecule has 0 fully saturated rings. The van der Waals surface area contributed by atoms with Crippen LogP contribution in [-0.2, 0) is 0 Å². The largest absolute Gasteiger partial charge is 0.364 e. The van der Waals surface area contributed by atoms with Crippen molar-refractivity contribution in [1.29, 1.82) is 0 Å². The number of aromatic nitrogens is 2. The minimum absolute atomic E-state index is 0.0687. The molecule has 0 aliphatic rings. The quantitative estimate of drug-likeness (QED) is 0.531. The second-order valence-corrected chi connectivity index (χ2v) is 6.69. The zero-order valence-corrected chi connectivity index (χ0v) is 15.9. The molecule has 2 aromatic heterocycles. The van der Waals surface area contributed by atoms with Gasteiger partial charge in [-0.25, -0.2) is 9.97 Å². The van der Waals surface area contributed by atoms with Gasteiger partial charge in [0.2, 0.25) is 0 Å². The first-order valence-electron chi connectivity index (χ1n) is 8.76. The molecule has 0 saturated carbocycles. The zero-order valence-electron chi connectivity index (χ0n) is 15.1. The summed E-state index contributed by atoms with van der Waals surface area (Å²) < 4.78 is 0. The average Bonchev–Trinajstić information content (AvgIpc) is 2.73. The second kappa shape index (κ2) is 7.69. The van der Waals surface area contributed by atoms with E-state index >= 15 is 0 Å². The van der Waals surface area contributed by atoms with E-state index in [9.17, 15) is 9.59 Å². The third-order valence-electron chi connectivity index (χ3n) is 4.35. The number of benzene rings is 2. The minimum Gasteiger partial charge on any atom is -0.364 e. The van der Waals surface area contributed by atoms with Gasteiger partial charge in [0, 0.05) is 16.0 Å². The number of carbonyl (C=O) groups is 2. The van der Waals surface area contributed by atoms with Crippen molar-refractivity contribution in [2.24, 2.45) is 5.73 Å². The van der Waals surface area contributed by atoms with Gasteiger partial charge in [-0.2, -0.15) is 0 Å². The maximum absolute atomic E-state index is 13.0. The summed E-state index contributed by atoms with van der Waals surface area (Å²) in [4.78, 5) is 33.1. The summed E-state index contributed by atoms with van der Waals surface area (Å²) in [5.41, 5.74) is 7.71. The molecule has 29 heavy (non-hydrogen) atoms. The van der Waals surface area contributed by atoms with Gasteiger partial charge in [0.05, 0.1) is 16.8 Å². The molecule has 0 unspecified atom stereocenters. The van der Waals surface area contributed by atoms with Crippen LogP contribution in [0.25, 0.3) is 22.2 Å². The first-order valence-corrected chi connectivity index (χ1v) is 9.13. The molecule has 142 valence electrons. The van der Waals surface area contributed by atoms with E-state index in [0.29, 0.717) is 27.2 Å².